The molecule has 1 aliphatic rings. The van der Waals surface area contributed by atoms with Gasteiger partial charge >= 0.3 is 12.1 Å². The SMILES string of the molecule is COC(=O)[C@@H](NC(=O)C[C@@H](O)CNC(=O)OCc1ccccc1)[C@H]1CCCC(=O)C1. The van der Waals surface area contributed by atoms with Crippen LogP contribution in [0.3, 0.4) is 0 Å². The minimum absolute atomic E-state index is 0.0488. The van der Waals surface area contributed by atoms with Gasteiger partial charge in [0, 0.05) is 19.4 Å². The monoisotopic (exact) mass is 420 g/mol. The lowest BCUT2D eigenvalue weighted by Crippen LogP contribution is -2.49. The zero-order valence-electron chi connectivity index (χ0n) is 17.0. The van der Waals surface area contributed by atoms with Crippen molar-refractivity contribution in [2.75, 3.05) is 13.7 Å². The highest BCUT2D eigenvalue weighted by Crippen LogP contribution is 2.25. The molecule has 3 atom stereocenters. The normalized spacial score (nSPS) is 18.1. The van der Waals surface area contributed by atoms with E-state index in [-0.39, 0.29) is 37.7 Å². The van der Waals surface area contributed by atoms with Crippen LogP contribution >= 0.6 is 0 Å². The van der Waals surface area contributed by atoms with E-state index in [1.807, 2.05) is 30.3 Å². The summed E-state index contributed by atoms with van der Waals surface area (Å²) in [7, 11) is 1.21. The Morgan fingerprint density at radius 2 is 1.97 bits per heavy atom. The molecule has 2 rings (SSSR count). The molecule has 2 amide bonds. The van der Waals surface area contributed by atoms with Crippen LogP contribution < -0.4 is 10.6 Å². The number of alkyl carbamates (subject to hydrolysis) is 1. The third-order valence-corrected chi connectivity index (χ3v) is 4.88. The highest BCUT2D eigenvalue weighted by atomic mass is 16.5. The lowest BCUT2D eigenvalue weighted by atomic mass is 9.83. The number of hydrogen-bond acceptors (Lipinski definition) is 7. The standard InChI is InChI=1S/C21H28N2O7/c1-29-20(27)19(15-8-5-9-16(24)10-15)23-18(26)11-17(25)12-22-21(28)30-13-14-6-3-2-4-7-14/h2-4,6-7,15,17,19,25H,5,8-13H2,1H3,(H,22,28)(H,23,26)/t15-,17+,19-/m0/s1. The average Bonchev–Trinajstić information content (AvgIpc) is 2.74. The van der Waals surface area contributed by atoms with E-state index >= 15 is 0 Å². The second kappa shape index (κ2) is 11.9. The minimum atomic E-state index is -1.17. The summed E-state index contributed by atoms with van der Waals surface area (Å²) in [6, 6.07) is 8.17. The van der Waals surface area contributed by atoms with Crippen molar-refractivity contribution in [3.8, 4) is 0 Å². The van der Waals surface area contributed by atoms with Crippen molar-refractivity contribution in [3.05, 3.63) is 35.9 Å². The maximum absolute atomic E-state index is 12.3. The molecule has 9 heteroatoms. The van der Waals surface area contributed by atoms with E-state index in [1.54, 1.807) is 0 Å². The molecule has 0 radical (unpaired) electrons. The van der Waals surface area contributed by atoms with Gasteiger partial charge in [0.2, 0.25) is 5.91 Å². The number of hydrogen-bond donors (Lipinski definition) is 3. The quantitative estimate of drug-likeness (QED) is 0.510. The molecule has 0 heterocycles. The predicted molar refractivity (Wildman–Crippen MR) is 106 cm³/mol. The van der Waals surface area contributed by atoms with E-state index < -0.39 is 30.1 Å². The maximum atomic E-state index is 12.3. The number of Topliss-reactive ketones (excluding diaryl/α,β-unsaturated/α-hetero) is 1. The number of aliphatic hydroxyl groups is 1. The predicted octanol–water partition coefficient (Wildman–Crippen LogP) is 1.08. The van der Waals surface area contributed by atoms with E-state index in [1.165, 1.54) is 7.11 Å². The van der Waals surface area contributed by atoms with Crippen molar-refractivity contribution in [3.63, 3.8) is 0 Å². The number of nitrogens with one attached hydrogen (secondary N) is 2. The van der Waals surface area contributed by atoms with Gasteiger partial charge < -0.3 is 25.2 Å². The summed E-state index contributed by atoms with van der Waals surface area (Å²) >= 11 is 0. The topological polar surface area (TPSA) is 131 Å². The molecule has 0 aliphatic heterocycles. The molecule has 0 unspecified atom stereocenters. The number of aliphatic hydroxyl groups excluding tert-OH is 1. The van der Waals surface area contributed by atoms with Crippen molar-refractivity contribution in [2.24, 2.45) is 5.92 Å². The lowest BCUT2D eigenvalue weighted by molar-refractivity contribution is -0.147. The van der Waals surface area contributed by atoms with Gasteiger partial charge in [-0.1, -0.05) is 30.3 Å². The fourth-order valence-electron chi connectivity index (χ4n) is 3.33. The van der Waals surface area contributed by atoms with Gasteiger partial charge in [0.1, 0.15) is 18.4 Å². The first kappa shape index (κ1) is 23.3. The Labute approximate surface area is 175 Å². The molecule has 1 fully saturated rings. The zero-order chi connectivity index (χ0) is 21.9. The van der Waals surface area contributed by atoms with E-state index in [2.05, 4.69) is 10.6 Å². The van der Waals surface area contributed by atoms with Crippen molar-refractivity contribution in [1.82, 2.24) is 10.6 Å². The molecular weight excluding hydrogens is 392 g/mol. The van der Waals surface area contributed by atoms with Crippen LogP contribution in [0.2, 0.25) is 0 Å². The number of esters is 1. The molecule has 3 N–H and O–H groups in total. The first-order valence-corrected chi connectivity index (χ1v) is 9.90. The second-order valence-electron chi connectivity index (χ2n) is 7.26. The number of ether oxygens (including phenoxy) is 2. The van der Waals surface area contributed by atoms with E-state index in [0.717, 1.165) is 5.56 Å². The highest BCUT2D eigenvalue weighted by Gasteiger charge is 2.34. The Bertz CT molecular complexity index is 738. The van der Waals surface area contributed by atoms with Crippen molar-refractivity contribution in [1.29, 1.82) is 0 Å². The van der Waals surface area contributed by atoms with Crippen LogP contribution in [0, 0.1) is 5.92 Å². The number of carbonyl (C=O) groups is 4. The molecule has 1 aliphatic carbocycles. The van der Waals surface area contributed by atoms with Crippen LogP contribution in [0.15, 0.2) is 30.3 Å². The number of benzene rings is 1. The summed E-state index contributed by atoms with van der Waals surface area (Å²) in [4.78, 5) is 47.7. The third-order valence-electron chi connectivity index (χ3n) is 4.88. The number of methoxy groups -OCH3 is 1. The van der Waals surface area contributed by atoms with Crippen LogP contribution in [0.25, 0.3) is 0 Å². The Kier molecular flexibility index (Phi) is 9.27. The fourth-order valence-corrected chi connectivity index (χ4v) is 3.33. The number of ketones is 1. The molecule has 0 bridgehead atoms. The summed E-state index contributed by atoms with van der Waals surface area (Å²) in [6.07, 6.45) is -0.242. The van der Waals surface area contributed by atoms with Gasteiger partial charge in [-0.3, -0.25) is 9.59 Å². The fraction of sp³-hybridized carbons (Fsp3) is 0.524. The van der Waals surface area contributed by atoms with Gasteiger partial charge in [0.15, 0.2) is 0 Å². The molecule has 0 saturated heterocycles. The highest BCUT2D eigenvalue weighted by molar-refractivity contribution is 5.86. The molecular formula is C21H28N2O7. The smallest absolute Gasteiger partial charge is 0.407 e. The van der Waals surface area contributed by atoms with E-state index in [4.69, 9.17) is 9.47 Å². The summed E-state index contributed by atoms with van der Waals surface area (Å²) in [5.74, 6) is -1.48. The van der Waals surface area contributed by atoms with Gasteiger partial charge in [0.05, 0.1) is 19.6 Å². The Morgan fingerprint density at radius 3 is 2.63 bits per heavy atom. The Balaban J connectivity index is 1.75. The van der Waals surface area contributed by atoms with Crippen LogP contribution in [-0.4, -0.2) is 54.7 Å². The Hall–Kier alpha value is -2.94. The minimum Gasteiger partial charge on any atom is -0.467 e. The Morgan fingerprint density at radius 1 is 1.23 bits per heavy atom. The molecule has 30 heavy (non-hydrogen) atoms. The molecule has 164 valence electrons. The van der Waals surface area contributed by atoms with Gasteiger partial charge in [-0.25, -0.2) is 9.59 Å². The summed E-state index contributed by atoms with van der Waals surface area (Å²) in [5, 5.41) is 15.0. The van der Waals surface area contributed by atoms with Gasteiger partial charge in [-0.05, 0) is 24.3 Å². The third kappa shape index (κ3) is 7.82. The van der Waals surface area contributed by atoms with E-state index in [9.17, 15) is 24.3 Å². The number of rotatable bonds is 9. The largest absolute Gasteiger partial charge is 0.467 e. The van der Waals surface area contributed by atoms with Crippen molar-refractivity contribution in [2.45, 2.75) is 50.9 Å². The lowest BCUT2D eigenvalue weighted by Gasteiger charge is -2.28. The van der Waals surface area contributed by atoms with Crippen LogP contribution in [-0.2, 0) is 30.5 Å². The zero-order valence-corrected chi connectivity index (χ0v) is 17.0. The summed E-state index contributed by atoms with van der Waals surface area (Å²) in [5.41, 5.74) is 0.822. The van der Waals surface area contributed by atoms with Crippen molar-refractivity contribution < 1.29 is 33.8 Å². The van der Waals surface area contributed by atoms with Crippen LogP contribution in [0.4, 0.5) is 4.79 Å². The molecule has 0 spiro atoms. The molecule has 1 saturated carbocycles. The average molecular weight is 420 g/mol. The van der Waals surface area contributed by atoms with Crippen molar-refractivity contribution >= 4 is 23.8 Å². The summed E-state index contributed by atoms with van der Waals surface area (Å²) < 4.78 is 9.78. The van der Waals surface area contributed by atoms with Crippen LogP contribution in [0.5, 0.6) is 0 Å². The maximum Gasteiger partial charge on any atom is 0.407 e. The van der Waals surface area contributed by atoms with Crippen LogP contribution in [0.1, 0.15) is 37.7 Å². The molecule has 9 nitrogen and oxygen atoms in total. The molecule has 1 aromatic carbocycles. The van der Waals surface area contributed by atoms with E-state index in [0.29, 0.717) is 19.3 Å². The first-order valence-electron chi connectivity index (χ1n) is 9.90. The van der Waals surface area contributed by atoms with Gasteiger partial charge in [-0.15, -0.1) is 0 Å². The second-order valence-corrected chi connectivity index (χ2v) is 7.26. The molecule has 1 aromatic rings. The summed E-state index contributed by atoms with van der Waals surface area (Å²) in [6.45, 7) is -0.101. The number of amides is 2. The first-order chi connectivity index (χ1) is 14.4. The number of carbonyl (C=O) groups excluding carboxylic acids is 4. The van der Waals surface area contributed by atoms with Gasteiger partial charge in [-0.2, -0.15) is 0 Å². The molecule has 0 aromatic heterocycles. The van der Waals surface area contributed by atoms with Gasteiger partial charge in [0.25, 0.3) is 0 Å².